The van der Waals surface area contributed by atoms with Crippen LogP contribution < -0.4 is 5.73 Å². The minimum atomic E-state index is 0.539. The van der Waals surface area contributed by atoms with E-state index in [1.807, 2.05) is 29.5 Å². The van der Waals surface area contributed by atoms with E-state index in [1.165, 1.54) is 0 Å². The van der Waals surface area contributed by atoms with E-state index in [1.54, 1.807) is 0 Å². The lowest BCUT2D eigenvalue weighted by atomic mass is 10.2. The fourth-order valence-electron chi connectivity index (χ4n) is 1.89. The molecule has 2 rings (SSSR count). The Kier molecular flexibility index (Phi) is 3.28. The quantitative estimate of drug-likeness (QED) is 0.856. The molecule has 0 atom stereocenters. The third kappa shape index (κ3) is 2.24. The molecule has 0 aliphatic rings. The van der Waals surface area contributed by atoms with E-state index in [0.717, 1.165) is 35.6 Å². The second-order valence-corrected chi connectivity index (χ2v) is 4.22. The van der Waals surface area contributed by atoms with Gasteiger partial charge in [0, 0.05) is 24.8 Å². The molecule has 0 aliphatic heterocycles. The van der Waals surface area contributed by atoms with Crippen LogP contribution in [0.15, 0.2) is 12.3 Å². The minimum Gasteiger partial charge on any atom is -0.326 e. The van der Waals surface area contributed by atoms with Gasteiger partial charge in [0.15, 0.2) is 0 Å². The summed E-state index contributed by atoms with van der Waals surface area (Å²) < 4.78 is 3.89. The number of nitrogens with two attached hydrogens (primary N) is 1. The standard InChI is InChI=1S/C12H19N5/c1-4-11-5-12(16(3)15-11)8-17-9(2)10(6-13)7-14-17/h5,7H,4,6,8,13H2,1-3H3. The fourth-order valence-corrected chi connectivity index (χ4v) is 1.89. The average molecular weight is 233 g/mol. The summed E-state index contributed by atoms with van der Waals surface area (Å²) in [5, 5.41) is 8.79. The van der Waals surface area contributed by atoms with Gasteiger partial charge in [0.2, 0.25) is 0 Å². The molecule has 17 heavy (non-hydrogen) atoms. The van der Waals surface area contributed by atoms with E-state index in [2.05, 4.69) is 23.2 Å². The first-order chi connectivity index (χ1) is 8.15. The molecule has 0 amide bonds. The Hall–Kier alpha value is -1.62. The van der Waals surface area contributed by atoms with Gasteiger partial charge in [-0.15, -0.1) is 0 Å². The zero-order valence-corrected chi connectivity index (χ0v) is 10.6. The largest absolute Gasteiger partial charge is 0.326 e. The first-order valence-corrected chi connectivity index (χ1v) is 5.88. The lowest BCUT2D eigenvalue weighted by molar-refractivity contribution is 0.605. The van der Waals surface area contributed by atoms with Crippen molar-refractivity contribution in [3.05, 3.63) is 34.9 Å². The van der Waals surface area contributed by atoms with E-state index in [9.17, 15) is 0 Å². The monoisotopic (exact) mass is 233 g/mol. The molecular formula is C12H19N5. The van der Waals surface area contributed by atoms with Gasteiger partial charge < -0.3 is 5.73 Å². The predicted molar refractivity (Wildman–Crippen MR) is 66.5 cm³/mol. The van der Waals surface area contributed by atoms with Gasteiger partial charge >= 0.3 is 0 Å². The van der Waals surface area contributed by atoms with E-state index in [-0.39, 0.29) is 0 Å². The van der Waals surface area contributed by atoms with Gasteiger partial charge in [0.05, 0.1) is 24.1 Å². The zero-order chi connectivity index (χ0) is 12.4. The topological polar surface area (TPSA) is 61.7 Å². The lowest BCUT2D eigenvalue weighted by Gasteiger charge is -2.05. The normalized spacial score (nSPS) is 11.1. The number of aromatic nitrogens is 4. The van der Waals surface area contributed by atoms with Crippen molar-refractivity contribution in [2.45, 2.75) is 33.4 Å². The first-order valence-electron chi connectivity index (χ1n) is 5.88. The minimum absolute atomic E-state index is 0.539. The van der Waals surface area contributed by atoms with Crippen molar-refractivity contribution in [3.8, 4) is 0 Å². The van der Waals surface area contributed by atoms with Crippen molar-refractivity contribution in [1.29, 1.82) is 0 Å². The van der Waals surface area contributed by atoms with Crippen LogP contribution in [0, 0.1) is 6.92 Å². The number of hydrogen-bond donors (Lipinski definition) is 1. The van der Waals surface area contributed by atoms with Gasteiger partial charge in [0.25, 0.3) is 0 Å². The van der Waals surface area contributed by atoms with Gasteiger partial charge in [-0.25, -0.2) is 0 Å². The molecular weight excluding hydrogens is 214 g/mol. The number of aryl methyl sites for hydroxylation is 2. The van der Waals surface area contributed by atoms with Crippen LogP contribution in [0.5, 0.6) is 0 Å². The summed E-state index contributed by atoms with van der Waals surface area (Å²) in [6.45, 7) is 5.44. The summed E-state index contributed by atoms with van der Waals surface area (Å²) in [5.41, 5.74) is 10.2. The molecule has 0 radical (unpaired) electrons. The summed E-state index contributed by atoms with van der Waals surface area (Å²) in [6.07, 6.45) is 2.80. The van der Waals surface area contributed by atoms with Crippen molar-refractivity contribution < 1.29 is 0 Å². The Morgan fingerprint density at radius 3 is 2.71 bits per heavy atom. The average Bonchev–Trinajstić information content (AvgIpc) is 2.85. The number of rotatable bonds is 4. The van der Waals surface area contributed by atoms with Crippen molar-refractivity contribution in [1.82, 2.24) is 19.6 Å². The molecule has 5 heteroatoms. The summed E-state index contributed by atoms with van der Waals surface area (Å²) in [6, 6.07) is 2.13. The molecule has 2 aromatic rings. The molecule has 2 aromatic heterocycles. The molecule has 5 nitrogen and oxygen atoms in total. The Bertz CT molecular complexity index is 509. The van der Waals surface area contributed by atoms with E-state index in [0.29, 0.717) is 6.54 Å². The van der Waals surface area contributed by atoms with E-state index in [4.69, 9.17) is 5.73 Å². The summed E-state index contributed by atoms with van der Waals surface area (Å²) in [5.74, 6) is 0. The van der Waals surface area contributed by atoms with Crippen LogP contribution >= 0.6 is 0 Å². The third-order valence-corrected chi connectivity index (χ3v) is 3.13. The molecule has 0 aromatic carbocycles. The van der Waals surface area contributed by atoms with Crippen LogP contribution in [0.4, 0.5) is 0 Å². The second kappa shape index (κ2) is 4.71. The SMILES string of the molecule is CCc1cc(Cn2ncc(CN)c2C)n(C)n1. The molecule has 0 saturated heterocycles. The molecule has 0 saturated carbocycles. The smallest absolute Gasteiger partial charge is 0.0831 e. The molecule has 92 valence electrons. The van der Waals surface area contributed by atoms with Crippen molar-refractivity contribution >= 4 is 0 Å². The molecule has 0 aliphatic carbocycles. The van der Waals surface area contributed by atoms with Crippen LogP contribution in [0.2, 0.25) is 0 Å². The summed E-state index contributed by atoms with van der Waals surface area (Å²) >= 11 is 0. The molecule has 0 fully saturated rings. The maximum atomic E-state index is 5.64. The summed E-state index contributed by atoms with van der Waals surface area (Å²) in [4.78, 5) is 0. The van der Waals surface area contributed by atoms with E-state index >= 15 is 0 Å². The van der Waals surface area contributed by atoms with Gasteiger partial charge in [0.1, 0.15) is 0 Å². The highest BCUT2D eigenvalue weighted by Crippen LogP contribution is 2.10. The van der Waals surface area contributed by atoms with Crippen LogP contribution in [0.25, 0.3) is 0 Å². The number of nitrogens with zero attached hydrogens (tertiary/aromatic N) is 4. The molecule has 0 spiro atoms. The lowest BCUT2D eigenvalue weighted by Crippen LogP contribution is -2.09. The van der Waals surface area contributed by atoms with E-state index < -0.39 is 0 Å². The Morgan fingerprint density at radius 1 is 1.41 bits per heavy atom. The molecule has 0 unspecified atom stereocenters. The Morgan fingerprint density at radius 2 is 2.18 bits per heavy atom. The fraction of sp³-hybridized carbons (Fsp3) is 0.500. The van der Waals surface area contributed by atoms with Gasteiger partial charge in [-0.1, -0.05) is 6.92 Å². The zero-order valence-electron chi connectivity index (χ0n) is 10.6. The van der Waals surface area contributed by atoms with Gasteiger partial charge in [-0.05, 0) is 19.4 Å². The van der Waals surface area contributed by atoms with Crippen LogP contribution in [0.3, 0.4) is 0 Å². The molecule has 2 heterocycles. The van der Waals surface area contributed by atoms with Gasteiger partial charge in [-0.3, -0.25) is 9.36 Å². The number of hydrogen-bond acceptors (Lipinski definition) is 3. The predicted octanol–water partition coefficient (Wildman–Crippen LogP) is 0.994. The van der Waals surface area contributed by atoms with Crippen LogP contribution in [-0.2, 0) is 26.6 Å². The molecule has 0 bridgehead atoms. The molecule has 2 N–H and O–H groups in total. The van der Waals surface area contributed by atoms with Crippen LogP contribution in [-0.4, -0.2) is 19.6 Å². The highest BCUT2D eigenvalue weighted by molar-refractivity contribution is 5.18. The third-order valence-electron chi connectivity index (χ3n) is 3.13. The maximum absolute atomic E-state index is 5.64. The van der Waals surface area contributed by atoms with Crippen LogP contribution in [0.1, 0.15) is 29.6 Å². The van der Waals surface area contributed by atoms with Crippen molar-refractivity contribution in [2.24, 2.45) is 12.8 Å². The first kappa shape index (κ1) is 11.9. The summed E-state index contributed by atoms with van der Waals surface area (Å²) in [7, 11) is 1.97. The van der Waals surface area contributed by atoms with Gasteiger partial charge in [-0.2, -0.15) is 10.2 Å². The van der Waals surface area contributed by atoms with Crippen molar-refractivity contribution in [2.75, 3.05) is 0 Å². The maximum Gasteiger partial charge on any atom is 0.0831 e. The Balaban J connectivity index is 2.24. The second-order valence-electron chi connectivity index (χ2n) is 4.22. The Labute approximate surface area is 101 Å². The van der Waals surface area contributed by atoms with Crippen molar-refractivity contribution in [3.63, 3.8) is 0 Å². The highest BCUT2D eigenvalue weighted by Gasteiger charge is 2.09. The highest BCUT2D eigenvalue weighted by atomic mass is 15.3.